The molecule has 146 valence electrons. The third-order valence-electron chi connectivity index (χ3n) is 3.41. The number of aliphatic hydroxyl groups is 2. The van der Waals surface area contributed by atoms with Crippen LogP contribution in [0.25, 0.3) is 6.08 Å². The zero-order valence-electron chi connectivity index (χ0n) is 14.5. The van der Waals surface area contributed by atoms with Crippen LogP contribution in [0, 0.1) is 6.92 Å². The predicted molar refractivity (Wildman–Crippen MR) is 98.5 cm³/mol. The monoisotopic (exact) mass is 388 g/mol. The third kappa shape index (κ3) is 7.31. The molecule has 2 unspecified atom stereocenters. The van der Waals surface area contributed by atoms with Crippen LogP contribution in [0.4, 0.5) is 0 Å². The van der Waals surface area contributed by atoms with Gasteiger partial charge in [-0.05, 0) is 42.5 Å². The lowest BCUT2D eigenvalue weighted by Gasteiger charge is -2.22. The molecular weight excluding hydrogens is 364 g/mol. The molecule has 9 nitrogen and oxygen atoms in total. The van der Waals surface area contributed by atoms with Gasteiger partial charge in [0.2, 0.25) is 0 Å². The fraction of sp³-hybridized carbons (Fsp3) is 0.438. The zero-order valence-corrected chi connectivity index (χ0v) is 15.3. The maximum atomic E-state index is 9.77. The number of hydrogen-bond donors (Lipinski definition) is 4. The number of aryl methyl sites for hydroxylation is 1. The molecule has 0 spiro atoms. The van der Waals surface area contributed by atoms with Gasteiger partial charge in [0.25, 0.3) is 0 Å². The zero-order chi connectivity index (χ0) is 19.0. The maximum absolute atomic E-state index is 9.77. The molecule has 0 bridgehead atoms. The van der Waals surface area contributed by atoms with Gasteiger partial charge in [0.05, 0.1) is 0 Å². The number of amidine groups is 1. The van der Waals surface area contributed by atoms with Crippen LogP contribution in [0.3, 0.4) is 0 Å². The van der Waals surface area contributed by atoms with Crippen LogP contribution in [0.15, 0.2) is 22.5 Å². The summed E-state index contributed by atoms with van der Waals surface area (Å²) in [5, 5.41) is 34.7. The Kier molecular flexibility index (Phi) is 10.4. The van der Waals surface area contributed by atoms with E-state index in [2.05, 4.69) is 47.5 Å². The highest BCUT2D eigenvalue weighted by molar-refractivity contribution is 7.11. The molecule has 6 N–H and O–H groups in total. The van der Waals surface area contributed by atoms with Crippen molar-refractivity contribution in [3.63, 3.8) is 0 Å². The number of aliphatic hydroxyl groups excluding tert-OH is 2. The lowest BCUT2D eigenvalue weighted by molar-refractivity contribution is -0.165. The van der Waals surface area contributed by atoms with E-state index in [-0.39, 0.29) is 5.48 Å². The van der Waals surface area contributed by atoms with E-state index in [1.165, 1.54) is 16.9 Å². The van der Waals surface area contributed by atoms with Crippen LogP contribution < -0.4 is 0 Å². The van der Waals surface area contributed by atoms with Gasteiger partial charge in [-0.1, -0.05) is 0 Å². The standard InChI is InChI=1S/C12H16N2S.C4H6O6.H2O/c1-10-6-9-15-11(10)4-5-12-13-7-3-8-14(12)2;5-1(3(7)8)2(6)4(9)10;/h4-6,9H,3,7-8H2,1-2H3;1-2,5-6H,(H,7,8)(H,9,10);1H2/b5-4+;;. The van der Waals surface area contributed by atoms with Gasteiger partial charge in [0, 0.05) is 25.0 Å². The van der Waals surface area contributed by atoms with Gasteiger partial charge >= 0.3 is 11.9 Å². The first kappa shape index (κ1) is 23.7. The fourth-order valence-corrected chi connectivity index (χ4v) is 2.71. The lowest BCUT2D eigenvalue weighted by Crippen LogP contribution is -2.39. The van der Waals surface area contributed by atoms with Gasteiger partial charge in [-0.3, -0.25) is 4.99 Å². The number of aliphatic imine (C=N–C) groups is 1. The predicted octanol–water partition coefficient (Wildman–Crippen LogP) is -0.144. The van der Waals surface area contributed by atoms with E-state index >= 15 is 0 Å². The van der Waals surface area contributed by atoms with Crippen molar-refractivity contribution in [1.29, 1.82) is 0 Å². The molecule has 0 aliphatic carbocycles. The summed E-state index contributed by atoms with van der Waals surface area (Å²) < 4.78 is 0. The molecule has 2 atom stereocenters. The Morgan fingerprint density at radius 1 is 1.23 bits per heavy atom. The van der Waals surface area contributed by atoms with Crippen molar-refractivity contribution >= 4 is 35.2 Å². The maximum Gasteiger partial charge on any atom is 0.335 e. The van der Waals surface area contributed by atoms with E-state index < -0.39 is 24.1 Å². The molecule has 0 saturated carbocycles. The van der Waals surface area contributed by atoms with Gasteiger partial charge < -0.3 is 30.8 Å². The number of carboxylic acids is 2. The van der Waals surface area contributed by atoms with Crippen LogP contribution in [-0.4, -0.2) is 80.9 Å². The van der Waals surface area contributed by atoms with Gasteiger partial charge in [0.1, 0.15) is 5.84 Å². The molecule has 0 radical (unpaired) electrons. The number of carboxylic acid groups (broad SMARTS) is 2. The second kappa shape index (κ2) is 11.4. The highest BCUT2D eigenvalue weighted by Crippen LogP contribution is 2.17. The van der Waals surface area contributed by atoms with Crippen molar-refractivity contribution < 1.29 is 35.5 Å². The fourth-order valence-electron chi connectivity index (χ4n) is 1.89. The van der Waals surface area contributed by atoms with Crippen molar-refractivity contribution in [1.82, 2.24) is 4.90 Å². The molecule has 10 heteroatoms. The summed E-state index contributed by atoms with van der Waals surface area (Å²) in [5.41, 5.74) is 1.34. The number of nitrogens with zero attached hydrogens (tertiary/aromatic N) is 2. The lowest BCUT2D eigenvalue weighted by atomic mass is 10.2. The molecule has 1 aromatic heterocycles. The van der Waals surface area contributed by atoms with E-state index in [1.54, 1.807) is 11.3 Å². The molecule has 26 heavy (non-hydrogen) atoms. The SMILES string of the molecule is Cc1ccsc1/C=C/C1=NCCCN1C.O.O=C(O)C(O)C(O)C(=O)O. The topological polar surface area (TPSA) is 162 Å². The number of carbonyl (C=O) groups is 2. The summed E-state index contributed by atoms with van der Waals surface area (Å²) in [6.07, 6.45) is 0.930. The van der Waals surface area contributed by atoms with Crippen molar-refractivity contribution in [3.8, 4) is 0 Å². The first-order valence-corrected chi connectivity index (χ1v) is 8.41. The normalized spacial score (nSPS) is 16.0. The van der Waals surface area contributed by atoms with E-state index in [9.17, 15) is 9.59 Å². The summed E-state index contributed by atoms with van der Waals surface area (Å²) in [7, 11) is 2.10. The van der Waals surface area contributed by atoms with E-state index in [4.69, 9.17) is 20.4 Å². The van der Waals surface area contributed by atoms with Crippen molar-refractivity contribution in [3.05, 3.63) is 28.0 Å². The smallest absolute Gasteiger partial charge is 0.335 e. The van der Waals surface area contributed by atoms with Crippen molar-refractivity contribution in [2.45, 2.75) is 25.6 Å². The second-order valence-electron chi connectivity index (χ2n) is 5.38. The molecule has 2 heterocycles. The van der Waals surface area contributed by atoms with Crippen molar-refractivity contribution in [2.75, 3.05) is 20.1 Å². The average molecular weight is 388 g/mol. The Morgan fingerprint density at radius 3 is 2.23 bits per heavy atom. The van der Waals surface area contributed by atoms with Gasteiger partial charge in [-0.2, -0.15) is 0 Å². The van der Waals surface area contributed by atoms with Crippen LogP contribution in [-0.2, 0) is 9.59 Å². The summed E-state index contributed by atoms with van der Waals surface area (Å²) in [6.45, 7) is 4.22. The Balaban J connectivity index is 0.000000504. The van der Waals surface area contributed by atoms with E-state index in [1.807, 2.05) is 0 Å². The summed E-state index contributed by atoms with van der Waals surface area (Å²) in [5.74, 6) is -2.43. The highest BCUT2D eigenvalue weighted by atomic mass is 32.1. The highest BCUT2D eigenvalue weighted by Gasteiger charge is 2.29. The van der Waals surface area contributed by atoms with Crippen LogP contribution in [0.1, 0.15) is 16.9 Å². The van der Waals surface area contributed by atoms with Crippen LogP contribution in [0.5, 0.6) is 0 Å². The minimum absolute atomic E-state index is 0. The number of hydrogen-bond acceptors (Lipinski definition) is 7. The number of likely N-dealkylation sites (N-methyl/N-ethyl adjacent to an activating group) is 1. The molecule has 1 aliphatic heterocycles. The second-order valence-corrected chi connectivity index (χ2v) is 6.33. The Hall–Kier alpha value is -2.27. The molecule has 1 aromatic rings. The largest absolute Gasteiger partial charge is 0.479 e. The third-order valence-corrected chi connectivity index (χ3v) is 4.39. The van der Waals surface area contributed by atoms with Crippen LogP contribution in [0.2, 0.25) is 0 Å². The first-order chi connectivity index (χ1) is 11.7. The van der Waals surface area contributed by atoms with Gasteiger partial charge in [-0.15, -0.1) is 11.3 Å². The van der Waals surface area contributed by atoms with E-state index in [0.29, 0.717) is 0 Å². The molecule has 0 aromatic carbocycles. The number of aliphatic carboxylic acids is 2. The number of rotatable bonds is 5. The minimum atomic E-state index is -2.27. The molecule has 0 fully saturated rings. The van der Waals surface area contributed by atoms with Gasteiger partial charge in [-0.25, -0.2) is 9.59 Å². The molecule has 1 aliphatic rings. The Labute approximate surface area is 154 Å². The quantitative estimate of drug-likeness (QED) is 0.545. The molecule has 2 rings (SSSR count). The summed E-state index contributed by atoms with van der Waals surface area (Å²) in [6, 6.07) is 2.15. The average Bonchev–Trinajstić information content (AvgIpc) is 2.98. The molecule has 0 amide bonds. The first-order valence-electron chi connectivity index (χ1n) is 7.53. The summed E-state index contributed by atoms with van der Waals surface area (Å²) >= 11 is 1.78. The minimum Gasteiger partial charge on any atom is -0.479 e. The Morgan fingerprint density at radius 2 is 1.81 bits per heavy atom. The molecular formula is C16H24N2O7S. The van der Waals surface area contributed by atoms with E-state index in [0.717, 1.165) is 18.9 Å². The Bertz CT molecular complexity index is 639. The van der Waals surface area contributed by atoms with Crippen molar-refractivity contribution in [2.24, 2.45) is 4.99 Å². The van der Waals surface area contributed by atoms with Crippen LogP contribution >= 0.6 is 11.3 Å². The molecule has 0 saturated heterocycles. The summed E-state index contributed by atoms with van der Waals surface area (Å²) in [4.78, 5) is 27.6. The number of thiophene rings is 1. The van der Waals surface area contributed by atoms with Gasteiger partial charge in [0.15, 0.2) is 12.2 Å².